The molecule has 0 unspecified atom stereocenters. The van der Waals surface area contributed by atoms with E-state index in [4.69, 9.17) is 0 Å². The lowest BCUT2D eigenvalue weighted by molar-refractivity contribution is -0.606. The summed E-state index contributed by atoms with van der Waals surface area (Å²) < 4.78 is 1.57. The second-order valence-electron chi connectivity index (χ2n) is 3.64. The fraction of sp³-hybridized carbons (Fsp3) is 0.167. The highest BCUT2D eigenvalue weighted by molar-refractivity contribution is 5.11. The zero-order valence-corrected chi connectivity index (χ0v) is 8.74. The molecule has 82 valence electrons. The van der Waals surface area contributed by atoms with Crippen molar-refractivity contribution in [1.29, 1.82) is 0 Å². The highest BCUT2D eigenvalue weighted by Crippen LogP contribution is 2.03. The van der Waals surface area contributed by atoms with Gasteiger partial charge in [-0.3, -0.25) is 0 Å². The number of rotatable bonds is 3. The van der Waals surface area contributed by atoms with Gasteiger partial charge in [-0.1, -0.05) is 0 Å². The second-order valence-corrected chi connectivity index (χ2v) is 3.64. The van der Waals surface area contributed by atoms with E-state index in [1.165, 1.54) is 12.4 Å². The largest absolute Gasteiger partial charge is 0.619 e. The second kappa shape index (κ2) is 4.61. The van der Waals surface area contributed by atoms with E-state index in [1.807, 2.05) is 12.1 Å². The monoisotopic (exact) mass is 216 g/mol. The molecule has 0 aliphatic rings. The average Bonchev–Trinajstić information content (AvgIpc) is 2.27. The third kappa shape index (κ3) is 2.70. The highest BCUT2D eigenvalue weighted by Gasteiger charge is 2.01. The molecule has 4 heteroatoms. The van der Waals surface area contributed by atoms with Crippen molar-refractivity contribution in [2.45, 2.75) is 12.8 Å². The lowest BCUT2D eigenvalue weighted by Gasteiger charge is -2.02. The van der Waals surface area contributed by atoms with Gasteiger partial charge in [0.15, 0.2) is 24.8 Å². The molecular formula is C12H12N2O2. The van der Waals surface area contributed by atoms with Gasteiger partial charge in [-0.25, -0.2) is 0 Å². The normalized spacial score (nSPS) is 10.2. The van der Waals surface area contributed by atoms with Crippen LogP contribution in [-0.2, 0) is 12.8 Å². The lowest BCUT2D eigenvalue weighted by Crippen LogP contribution is -2.25. The zero-order chi connectivity index (χ0) is 11.4. The van der Waals surface area contributed by atoms with Crippen molar-refractivity contribution in [1.82, 2.24) is 0 Å². The van der Waals surface area contributed by atoms with Crippen molar-refractivity contribution >= 4 is 0 Å². The minimum Gasteiger partial charge on any atom is -0.619 e. The maximum atomic E-state index is 11.0. The predicted octanol–water partition coefficient (Wildman–Crippen LogP) is 0.739. The van der Waals surface area contributed by atoms with Gasteiger partial charge in [0.1, 0.15) is 0 Å². The van der Waals surface area contributed by atoms with E-state index < -0.39 is 0 Å². The van der Waals surface area contributed by atoms with Crippen LogP contribution in [0.4, 0.5) is 0 Å². The van der Waals surface area contributed by atoms with Crippen LogP contribution < -0.4 is 9.46 Å². The Morgan fingerprint density at radius 1 is 0.812 bits per heavy atom. The molecule has 0 atom stereocenters. The molecule has 0 saturated carbocycles. The molecule has 0 amide bonds. The Bertz CT molecular complexity index is 440. The highest BCUT2D eigenvalue weighted by atomic mass is 16.5. The van der Waals surface area contributed by atoms with Crippen LogP contribution >= 0.6 is 0 Å². The van der Waals surface area contributed by atoms with E-state index >= 15 is 0 Å². The van der Waals surface area contributed by atoms with Crippen LogP contribution in [0.5, 0.6) is 0 Å². The molecule has 4 nitrogen and oxygen atoms in total. The first-order valence-corrected chi connectivity index (χ1v) is 5.09. The first kappa shape index (κ1) is 10.4. The molecule has 0 radical (unpaired) electrons. The molecule has 0 aliphatic carbocycles. The van der Waals surface area contributed by atoms with Crippen molar-refractivity contribution in [2.24, 2.45) is 0 Å². The number of hydrogen-bond donors (Lipinski definition) is 0. The Labute approximate surface area is 93.6 Å². The summed E-state index contributed by atoms with van der Waals surface area (Å²) in [6.45, 7) is 0. The fourth-order valence-corrected chi connectivity index (χ4v) is 1.59. The molecule has 0 N–H and O–H groups in total. The summed E-state index contributed by atoms with van der Waals surface area (Å²) in [6.07, 6.45) is 7.53. The third-order valence-electron chi connectivity index (χ3n) is 2.38. The van der Waals surface area contributed by atoms with E-state index in [0.717, 1.165) is 33.4 Å². The van der Waals surface area contributed by atoms with Crippen molar-refractivity contribution in [2.75, 3.05) is 0 Å². The van der Waals surface area contributed by atoms with Crippen molar-refractivity contribution < 1.29 is 9.46 Å². The number of pyridine rings is 2. The minimum absolute atomic E-state index is 0.757. The summed E-state index contributed by atoms with van der Waals surface area (Å²) in [6, 6.07) is 7.26. The van der Waals surface area contributed by atoms with Gasteiger partial charge in [-0.05, 0) is 25.0 Å². The Balaban J connectivity index is 2.02. The van der Waals surface area contributed by atoms with Crippen LogP contribution in [0, 0.1) is 10.4 Å². The maximum absolute atomic E-state index is 11.0. The van der Waals surface area contributed by atoms with E-state index in [9.17, 15) is 10.4 Å². The fourth-order valence-electron chi connectivity index (χ4n) is 1.59. The van der Waals surface area contributed by atoms with Gasteiger partial charge in [0, 0.05) is 23.3 Å². The van der Waals surface area contributed by atoms with E-state index in [-0.39, 0.29) is 0 Å². The van der Waals surface area contributed by atoms with Gasteiger partial charge in [0.25, 0.3) is 0 Å². The molecule has 0 saturated heterocycles. The lowest BCUT2D eigenvalue weighted by atomic mass is 10.1. The van der Waals surface area contributed by atoms with Crippen molar-refractivity contribution in [3.63, 3.8) is 0 Å². The first-order valence-electron chi connectivity index (χ1n) is 5.09. The molecular weight excluding hydrogens is 204 g/mol. The SMILES string of the molecule is [O-][n+]1cccc(CCc2ccc[n+]([O-])c2)c1. The Kier molecular flexibility index (Phi) is 3.00. The number of hydrogen-bond acceptors (Lipinski definition) is 2. The summed E-state index contributed by atoms with van der Waals surface area (Å²) in [4.78, 5) is 0. The van der Waals surface area contributed by atoms with Crippen LogP contribution in [0.3, 0.4) is 0 Å². The van der Waals surface area contributed by atoms with Gasteiger partial charge < -0.3 is 10.4 Å². The van der Waals surface area contributed by atoms with Crippen LogP contribution in [0.1, 0.15) is 11.1 Å². The van der Waals surface area contributed by atoms with Crippen molar-refractivity contribution in [3.05, 3.63) is 70.6 Å². The van der Waals surface area contributed by atoms with Gasteiger partial charge in [-0.15, -0.1) is 0 Å². The predicted molar refractivity (Wildman–Crippen MR) is 58.2 cm³/mol. The Morgan fingerprint density at radius 2 is 1.25 bits per heavy atom. The zero-order valence-electron chi connectivity index (χ0n) is 8.74. The smallest absolute Gasteiger partial charge is 0.183 e. The summed E-state index contributed by atoms with van der Waals surface area (Å²) in [5.41, 5.74) is 1.94. The quantitative estimate of drug-likeness (QED) is 0.561. The van der Waals surface area contributed by atoms with Gasteiger partial charge >= 0.3 is 0 Å². The average molecular weight is 216 g/mol. The van der Waals surface area contributed by atoms with Crippen LogP contribution in [0.25, 0.3) is 0 Å². The molecule has 0 aromatic carbocycles. The van der Waals surface area contributed by atoms with E-state index in [2.05, 4.69) is 0 Å². The summed E-state index contributed by atoms with van der Waals surface area (Å²) in [5, 5.41) is 22.0. The molecule has 16 heavy (non-hydrogen) atoms. The minimum atomic E-state index is 0.757. The molecule has 0 aliphatic heterocycles. The number of nitrogens with zero attached hydrogens (tertiary/aromatic N) is 2. The molecule has 0 fully saturated rings. The Morgan fingerprint density at radius 3 is 1.62 bits per heavy atom. The van der Waals surface area contributed by atoms with Crippen LogP contribution in [0.2, 0.25) is 0 Å². The van der Waals surface area contributed by atoms with E-state index in [1.54, 1.807) is 24.5 Å². The molecule has 2 heterocycles. The Hall–Kier alpha value is -2.10. The molecule has 0 bridgehead atoms. The molecule has 2 aromatic rings. The third-order valence-corrected chi connectivity index (χ3v) is 2.38. The van der Waals surface area contributed by atoms with Gasteiger partial charge in [0.2, 0.25) is 0 Å². The van der Waals surface area contributed by atoms with Crippen molar-refractivity contribution in [3.8, 4) is 0 Å². The first-order chi connectivity index (χ1) is 7.74. The molecule has 2 aromatic heterocycles. The van der Waals surface area contributed by atoms with Crippen LogP contribution in [0.15, 0.2) is 49.1 Å². The molecule has 0 spiro atoms. The standard InChI is InChI=1S/C12H12N2O2/c15-13-7-1-3-11(9-13)5-6-12-4-2-8-14(16)10-12/h1-4,7-10H,5-6H2. The van der Waals surface area contributed by atoms with E-state index in [0.29, 0.717) is 0 Å². The topological polar surface area (TPSA) is 53.9 Å². The summed E-state index contributed by atoms with van der Waals surface area (Å²) in [7, 11) is 0. The molecule has 2 rings (SSSR count). The summed E-state index contributed by atoms with van der Waals surface area (Å²) in [5.74, 6) is 0. The summed E-state index contributed by atoms with van der Waals surface area (Å²) >= 11 is 0. The maximum Gasteiger partial charge on any atom is 0.183 e. The van der Waals surface area contributed by atoms with Crippen LogP contribution in [-0.4, -0.2) is 0 Å². The van der Waals surface area contributed by atoms with Gasteiger partial charge in [0.05, 0.1) is 0 Å². The number of aromatic nitrogens is 2. The number of aryl methyl sites for hydroxylation is 2. The van der Waals surface area contributed by atoms with Gasteiger partial charge in [-0.2, -0.15) is 9.46 Å².